The fourth-order valence-corrected chi connectivity index (χ4v) is 3.65. The van der Waals surface area contributed by atoms with Gasteiger partial charge in [0, 0.05) is 15.5 Å². The Labute approximate surface area is 181 Å². The van der Waals surface area contributed by atoms with Crippen LogP contribution in [0.4, 0.5) is 11.6 Å². The van der Waals surface area contributed by atoms with E-state index in [1.165, 1.54) is 16.4 Å². The molecule has 8 nitrogen and oxygen atoms in total. The highest BCUT2D eigenvalue weighted by Gasteiger charge is 2.13. The molecule has 0 saturated heterocycles. The molecule has 0 spiro atoms. The number of carbonyl (C=O) groups is 1. The fraction of sp³-hybridized carbons (Fsp3) is 0.111. The van der Waals surface area contributed by atoms with Crippen LogP contribution in [0.15, 0.2) is 63.7 Å². The summed E-state index contributed by atoms with van der Waals surface area (Å²) in [4.78, 5) is 13.2. The van der Waals surface area contributed by atoms with Gasteiger partial charge in [-0.3, -0.25) is 4.79 Å². The third kappa shape index (κ3) is 5.66. The number of anilines is 2. The maximum Gasteiger partial charge on any atom is 0.264 e. The second-order valence-corrected chi connectivity index (χ2v) is 7.80. The Bertz CT molecular complexity index is 1020. The largest absolute Gasteiger partial charge is 0.334 e. The SMILES string of the molecule is CSc1ccccc1NC(=O)CSc1nnc(N/N=C/c2ccccc2Cl)n1N. The molecule has 0 aliphatic carbocycles. The highest BCUT2D eigenvalue weighted by Crippen LogP contribution is 2.25. The van der Waals surface area contributed by atoms with Crippen LogP contribution < -0.4 is 16.6 Å². The number of hydrazone groups is 1. The van der Waals surface area contributed by atoms with Crippen molar-refractivity contribution in [3.63, 3.8) is 0 Å². The molecule has 0 radical (unpaired) electrons. The molecule has 0 fully saturated rings. The van der Waals surface area contributed by atoms with Gasteiger partial charge in [-0.2, -0.15) is 5.10 Å². The molecular formula is C18H18ClN7OS2. The quantitative estimate of drug-likeness (QED) is 0.209. The molecule has 0 bridgehead atoms. The Morgan fingerprint density at radius 2 is 2.00 bits per heavy atom. The number of amides is 1. The molecule has 29 heavy (non-hydrogen) atoms. The number of benzene rings is 2. The summed E-state index contributed by atoms with van der Waals surface area (Å²) >= 11 is 8.81. The smallest absolute Gasteiger partial charge is 0.264 e. The van der Waals surface area contributed by atoms with Gasteiger partial charge in [0.2, 0.25) is 11.1 Å². The lowest BCUT2D eigenvalue weighted by molar-refractivity contribution is -0.113. The van der Waals surface area contributed by atoms with E-state index in [-0.39, 0.29) is 17.6 Å². The van der Waals surface area contributed by atoms with Crippen molar-refractivity contribution < 1.29 is 4.79 Å². The highest BCUT2D eigenvalue weighted by atomic mass is 35.5. The maximum atomic E-state index is 12.2. The predicted molar refractivity (Wildman–Crippen MR) is 120 cm³/mol. The van der Waals surface area contributed by atoms with Crippen LogP contribution in [0.5, 0.6) is 0 Å². The zero-order chi connectivity index (χ0) is 20.6. The average Bonchev–Trinajstić information content (AvgIpc) is 3.08. The lowest BCUT2D eigenvalue weighted by Gasteiger charge is -2.08. The number of nitrogen functional groups attached to an aromatic ring is 1. The summed E-state index contributed by atoms with van der Waals surface area (Å²) in [5.74, 6) is 6.19. The third-order valence-corrected chi connectivity index (χ3v) is 5.73. The van der Waals surface area contributed by atoms with Gasteiger partial charge >= 0.3 is 0 Å². The first-order chi connectivity index (χ1) is 14.1. The van der Waals surface area contributed by atoms with Crippen LogP contribution in [0.2, 0.25) is 5.02 Å². The minimum atomic E-state index is -0.161. The van der Waals surface area contributed by atoms with Gasteiger partial charge in [-0.15, -0.1) is 22.0 Å². The molecule has 0 unspecified atom stereocenters. The maximum absolute atomic E-state index is 12.2. The standard InChI is InChI=1S/C18H18ClN7OS2/c1-28-15-9-5-4-8-14(15)22-16(27)11-29-18-25-24-17(26(18)20)23-21-10-12-6-2-3-7-13(12)19/h2-10H,11,20H2,1H3,(H,22,27)(H,23,24)/b21-10+. The van der Waals surface area contributed by atoms with E-state index in [4.69, 9.17) is 17.4 Å². The molecular weight excluding hydrogens is 430 g/mol. The Balaban J connectivity index is 1.55. The summed E-state index contributed by atoms with van der Waals surface area (Å²) in [6, 6.07) is 14.9. The van der Waals surface area contributed by atoms with Crippen molar-refractivity contribution in [3.05, 3.63) is 59.1 Å². The summed E-state index contributed by atoms with van der Waals surface area (Å²) < 4.78 is 1.23. The van der Waals surface area contributed by atoms with Crippen molar-refractivity contribution in [1.29, 1.82) is 0 Å². The van der Waals surface area contributed by atoms with Crippen molar-refractivity contribution in [2.75, 3.05) is 28.6 Å². The Kier molecular flexibility index (Phi) is 7.39. The molecule has 1 amide bonds. The van der Waals surface area contributed by atoms with Gasteiger partial charge in [-0.05, 0) is 24.5 Å². The molecule has 0 saturated carbocycles. The van der Waals surface area contributed by atoms with E-state index in [0.717, 1.165) is 16.1 Å². The first kappa shape index (κ1) is 21.0. The summed E-state index contributed by atoms with van der Waals surface area (Å²) in [6.07, 6.45) is 3.51. The van der Waals surface area contributed by atoms with E-state index in [9.17, 15) is 4.79 Å². The van der Waals surface area contributed by atoms with E-state index >= 15 is 0 Å². The molecule has 11 heteroatoms. The van der Waals surface area contributed by atoms with Gasteiger partial charge in [-0.1, -0.05) is 53.7 Å². The van der Waals surface area contributed by atoms with E-state index in [0.29, 0.717) is 10.2 Å². The number of nitrogens with two attached hydrogens (primary N) is 1. The van der Waals surface area contributed by atoms with Crippen molar-refractivity contribution in [2.45, 2.75) is 10.1 Å². The van der Waals surface area contributed by atoms with Gasteiger partial charge in [0.1, 0.15) is 0 Å². The third-order valence-electron chi connectivity index (χ3n) is 3.65. The average molecular weight is 448 g/mol. The van der Waals surface area contributed by atoms with E-state index in [2.05, 4.69) is 26.0 Å². The van der Waals surface area contributed by atoms with E-state index in [1.807, 2.05) is 48.7 Å². The number of halogens is 1. The number of thioether (sulfide) groups is 2. The van der Waals surface area contributed by atoms with Crippen LogP contribution in [0, 0.1) is 0 Å². The fourth-order valence-electron chi connectivity index (χ4n) is 2.26. The molecule has 3 aromatic rings. The Morgan fingerprint density at radius 1 is 1.24 bits per heavy atom. The van der Waals surface area contributed by atoms with Gasteiger partial charge in [-0.25, -0.2) is 10.1 Å². The lowest BCUT2D eigenvalue weighted by atomic mass is 10.2. The molecule has 1 aromatic heterocycles. The van der Waals surface area contributed by atoms with E-state index in [1.54, 1.807) is 24.0 Å². The predicted octanol–water partition coefficient (Wildman–Crippen LogP) is 3.54. The number of hydrogen-bond acceptors (Lipinski definition) is 8. The number of nitrogens with one attached hydrogen (secondary N) is 2. The minimum absolute atomic E-state index is 0.140. The highest BCUT2D eigenvalue weighted by molar-refractivity contribution is 7.99. The molecule has 0 aliphatic heterocycles. The number of rotatable bonds is 8. The van der Waals surface area contributed by atoms with Crippen LogP contribution in [-0.2, 0) is 4.79 Å². The molecule has 3 rings (SSSR count). The molecule has 2 aromatic carbocycles. The first-order valence-corrected chi connectivity index (χ1v) is 11.0. The number of para-hydroxylation sites is 1. The van der Waals surface area contributed by atoms with Gasteiger partial charge in [0.15, 0.2) is 0 Å². The van der Waals surface area contributed by atoms with Crippen LogP contribution in [0.25, 0.3) is 0 Å². The second-order valence-electron chi connectivity index (χ2n) is 5.60. The van der Waals surface area contributed by atoms with E-state index < -0.39 is 0 Å². The van der Waals surface area contributed by atoms with Gasteiger partial charge in [0.05, 0.1) is 17.7 Å². The molecule has 1 heterocycles. The zero-order valence-corrected chi connectivity index (χ0v) is 17.8. The Hall–Kier alpha value is -2.69. The second kappa shape index (κ2) is 10.2. The summed E-state index contributed by atoms with van der Waals surface area (Å²) in [6.45, 7) is 0. The van der Waals surface area contributed by atoms with Crippen molar-refractivity contribution in [1.82, 2.24) is 14.9 Å². The Morgan fingerprint density at radius 3 is 2.79 bits per heavy atom. The summed E-state index contributed by atoms with van der Waals surface area (Å²) in [5.41, 5.74) is 4.24. The summed E-state index contributed by atoms with van der Waals surface area (Å²) in [5, 5.41) is 15.8. The number of carbonyl (C=O) groups excluding carboxylic acids is 1. The normalized spacial score (nSPS) is 11.0. The minimum Gasteiger partial charge on any atom is -0.334 e. The van der Waals surface area contributed by atoms with Gasteiger partial charge in [0.25, 0.3) is 5.95 Å². The number of aromatic nitrogens is 3. The monoisotopic (exact) mass is 447 g/mol. The topological polar surface area (TPSA) is 110 Å². The molecule has 150 valence electrons. The van der Waals surface area contributed by atoms with Crippen LogP contribution >= 0.6 is 35.1 Å². The zero-order valence-electron chi connectivity index (χ0n) is 15.4. The number of hydrogen-bond donors (Lipinski definition) is 3. The number of nitrogens with zero attached hydrogens (tertiary/aromatic N) is 4. The van der Waals surface area contributed by atoms with Crippen LogP contribution in [0.1, 0.15) is 5.56 Å². The molecule has 0 aliphatic rings. The molecule has 4 N–H and O–H groups in total. The van der Waals surface area contributed by atoms with Crippen LogP contribution in [-0.4, -0.2) is 39.0 Å². The first-order valence-electron chi connectivity index (χ1n) is 8.38. The van der Waals surface area contributed by atoms with Crippen molar-refractivity contribution in [2.24, 2.45) is 5.10 Å². The van der Waals surface area contributed by atoms with Crippen molar-refractivity contribution in [3.8, 4) is 0 Å². The van der Waals surface area contributed by atoms with Crippen molar-refractivity contribution >= 4 is 58.9 Å². The van der Waals surface area contributed by atoms with Crippen LogP contribution in [0.3, 0.4) is 0 Å². The lowest BCUT2D eigenvalue weighted by Crippen LogP contribution is -2.17. The van der Waals surface area contributed by atoms with Gasteiger partial charge < -0.3 is 11.2 Å². The summed E-state index contributed by atoms with van der Waals surface area (Å²) in [7, 11) is 0. The molecule has 0 atom stereocenters.